The van der Waals surface area contributed by atoms with Crippen LogP contribution in [0.25, 0.3) is 64.0 Å². The Morgan fingerprint density at radius 2 is 1.19 bits per heavy atom. The van der Waals surface area contributed by atoms with Gasteiger partial charge in [0.15, 0.2) is 5.58 Å². The second kappa shape index (κ2) is 9.59. The molecule has 9 aromatic rings. The summed E-state index contributed by atoms with van der Waals surface area (Å²) < 4.78 is 9.19. The molecule has 0 amide bonds. The van der Waals surface area contributed by atoms with Crippen LogP contribution in [0.15, 0.2) is 156 Å². The van der Waals surface area contributed by atoms with Gasteiger partial charge in [-0.2, -0.15) is 0 Å². The Balaban J connectivity index is 1.27. The van der Waals surface area contributed by atoms with Gasteiger partial charge >= 0.3 is 0 Å². The van der Waals surface area contributed by atoms with E-state index in [1.54, 1.807) is 0 Å². The largest absolute Gasteiger partial charge is 0.454 e. The van der Waals surface area contributed by atoms with Gasteiger partial charge in [-0.25, -0.2) is 0 Å². The summed E-state index contributed by atoms with van der Waals surface area (Å²) in [6.07, 6.45) is 0. The van der Waals surface area contributed by atoms with Gasteiger partial charge in [0.2, 0.25) is 0 Å². The highest BCUT2D eigenvalue weighted by Crippen LogP contribution is 2.44. The van der Waals surface area contributed by atoms with Crippen LogP contribution in [0.4, 0.5) is 17.1 Å². The van der Waals surface area contributed by atoms with Crippen LogP contribution in [-0.2, 0) is 0 Å². The Labute approximate surface area is 252 Å². The van der Waals surface area contributed by atoms with Crippen LogP contribution in [-0.4, -0.2) is 0 Å². The average molecular weight is 568 g/mol. The van der Waals surface area contributed by atoms with E-state index < -0.39 is 0 Å². The molecule has 0 atom stereocenters. The summed E-state index contributed by atoms with van der Waals surface area (Å²) in [4.78, 5) is 2.33. The van der Waals surface area contributed by atoms with Crippen molar-refractivity contribution in [3.8, 4) is 11.1 Å². The van der Waals surface area contributed by atoms with Gasteiger partial charge in [0.25, 0.3) is 0 Å². The van der Waals surface area contributed by atoms with Gasteiger partial charge in [0.1, 0.15) is 5.58 Å². The van der Waals surface area contributed by atoms with Crippen LogP contribution >= 0.6 is 11.3 Å². The zero-order chi connectivity index (χ0) is 28.3. The molecule has 7 aromatic carbocycles. The Bertz CT molecular complexity index is 2450. The van der Waals surface area contributed by atoms with E-state index in [1.807, 2.05) is 23.5 Å². The van der Waals surface area contributed by atoms with Crippen molar-refractivity contribution in [3.63, 3.8) is 0 Å². The molecule has 0 aliphatic carbocycles. The molecule has 0 saturated carbocycles. The molecule has 2 heterocycles. The maximum atomic E-state index is 6.54. The number of nitrogens with zero attached hydrogens (tertiary/aromatic N) is 1. The quantitative estimate of drug-likeness (QED) is 0.210. The van der Waals surface area contributed by atoms with Crippen LogP contribution < -0.4 is 4.90 Å². The molecule has 0 radical (unpaired) electrons. The summed E-state index contributed by atoms with van der Waals surface area (Å²) in [6, 6.07) is 54.2. The van der Waals surface area contributed by atoms with Crippen LogP contribution in [0.5, 0.6) is 0 Å². The Morgan fingerprint density at radius 1 is 0.465 bits per heavy atom. The third-order valence-electron chi connectivity index (χ3n) is 8.46. The Kier molecular flexibility index (Phi) is 5.40. The maximum Gasteiger partial charge on any atom is 0.159 e. The number of anilines is 3. The van der Waals surface area contributed by atoms with E-state index in [0.717, 1.165) is 39.0 Å². The van der Waals surface area contributed by atoms with Gasteiger partial charge in [-0.1, -0.05) is 103 Å². The summed E-state index contributed by atoms with van der Waals surface area (Å²) in [6.45, 7) is 0. The van der Waals surface area contributed by atoms with Gasteiger partial charge < -0.3 is 9.32 Å². The smallest absolute Gasteiger partial charge is 0.159 e. The van der Waals surface area contributed by atoms with Crippen LogP contribution in [0.3, 0.4) is 0 Å². The van der Waals surface area contributed by atoms with Crippen molar-refractivity contribution in [2.24, 2.45) is 0 Å². The number of para-hydroxylation sites is 2. The SMILES string of the molecule is c1ccc(-c2ccc(N(c3ccc4c(ccc5sc6ccccc6c54)c3)c3cccc4c3oc3ccccc34)cc2)cc1. The fourth-order valence-corrected chi connectivity index (χ4v) is 7.57. The molecule has 0 spiro atoms. The van der Waals surface area contributed by atoms with E-state index in [2.05, 4.69) is 144 Å². The molecular formula is C40H25NOS. The molecule has 3 heteroatoms. The van der Waals surface area contributed by atoms with Gasteiger partial charge in [0.05, 0.1) is 5.69 Å². The summed E-state index contributed by atoms with van der Waals surface area (Å²) in [5, 5.41) is 7.40. The van der Waals surface area contributed by atoms with Crippen molar-refractivity contribution < 1.29 is 4.42 Å². The third kappa shape index (κ3) is 3.86. The molecule has 0 unspecified atom stereocenters. The Hall–Kier alpha value is -5.38. The zero-order valence-electron chi connectivity index (χ0n) is 23.2. The first kappa shape index (κ1) is 24.2. The first-order chi connectivity index (χ1) is 21.3. The number of hydrogen-bond donors (Lipinski definition) is 0. The van der Waals surface area contributed by atoms with Crippen molar-refractivity contribution >= 4 is 81.3 Å². The molecule has 2 aromatic heterocycles. The number of benzene rings is 7. The van der Waals surface area contributed by atoms with E-state index in [1.165, 1.54) is 42.1 Å². The highest BCUT2D eigenvalue weighted by Gasteiger charge is 2.20. The lowest BCUT2D eigenvalue weighted by Gasteiger charge is -2.26. The summed E-state index contributed by atoms with van der Waals surface area (Å²) in [7, 11) is 0. The maximum absolute atomic E-state index is 6.54. The van der Waals surface area contributed by atoms with Crippen LogP contribution in [0, 0.1) is 0 Å². The van der Waals surface area contributed by atoms with Crippen LogP contribution in [0.2, 0.25) is 0 Å². The lowest BCUT2D eigenvalue weighted by molar-refractivity contribution is 0.669. The number of fused-ring (bicyclic) bond motifs is 8. The fourth-order valence-electron chi connectivity index (χ4n) is 6.45. The van der Waals surface area contributed by atoms with Crippen molar-refractivity contribution in [2.75, 3.05) is 4.90 Å². The lowest BCUT2D eigenvalue weighted by Crippen LogP contribution is -2.10. The van der Waals surface area contributed by atoms with Gasteiger partial charge in [-0.3, -0.25) is 0 Å². The van der Waals surface area contributed by atoms with Gasteiger partial charge in [-0.05, 0) is 70.4 Å². The van der Waals surface area contributed by atoms with Crippen molar-refractivity contribution in [3.05, 3.63) is 152 Å². The number of furan rings is 1. The van der Waals surface area contributed by atoms with E-state index in [4.69, 9.17) is 4.42 Å². The molecule has 202 valence electrons. The molecule has 0 bridgehead atoms. The van der Waals surface area contributed by atoms with E-state index in [0.29, 0.717) is 0 Å². The number of hydrogen-bond acceptors (Lipinski definition) is 3. The molecule has 0 aliphatic heterocycles. The molecule has 2 nitrogen and oxygen atoms in total. The molecule has 43 heavy (non-hydrogen) atoms. The van der Waals surface area contributed by atoms with E-state index >= 15 is 0 Å². The molecule has 0 fully saturated rings. The first-order valence-corrected chi connectivity index (χ1v) is 15.3. The average Bonchev–Trinajstić information content (AvgIpc) is 3.65. The lowest BCUT2D eigenvalue weighted by atomic mass is 10.0. The minimum Gasteiger partial charge on any atom is -0.454 e. The zero-order valence-corrected chi connectivity index (χ0v) is 24.0. The van der Waals surface area contributed by atoms with Gasteiger partial charge in [0, 0.05) is 42.3 Å². The summed E-state index contributed by atoms with van der Waals surface area (Å²) in [5.74, 6) is 0. The molecular weight excluding hydrogens is 543 g/mol. The summed E-state index contributed by atoms with van der Waals surface area (Å²) in [5.41, 5.74) is 7.36. The Morgan fingerprint density at radius 3 is 2.07 bits per heavy atom. The molecule has 0 N–H and O–H groups in total. The standard InChI is InChI=1S/C40H25NOS/c1-2-9-26(10-3-1)27-17-20-29(21-18-27)41(35-14-8-13-33-32-11-4-6-15-36(32)42-40(33)35)30-22-23-31-28(25-30)19-24-38-39(31)34-12-5-7-16-37(34)43-38/h1-25H. The van der Waals surface area contributed by atoms with Crippen molar-refractivity contribution in [2.45, 2.75) is 0 Å². The third-order valence-corrected chi connectivity index (χ3v) is 9.59. The molecule has 0 saturated heterocycles. The first-order valence-electron chi connectivity index (χ1n) is 14.5. The number of thiophene rings is 1. The van der Waals surface area contributed by atoms with Crippen molar-refractivity contribution in [1.29, 1.82) is 0 Å². The molecule has 9 rings (SSSR count). The van der Waals surface area contributed by atoms with Gasteiger partial charge in [-0.15, -0.1) is 11.3 Å². The number of rotatable bonds is 4. The highest BCUT2D eigenvalue weighted by molar-refractivity contribution is 7.26. The minimum atomic E-state index is 0.884. The van der Waals surface area contributed by atoms with Crippen LogP contribution in [0.1, 0.15) is 0 Å². The monoisotopic (exact) mass is 567 g/mol. The highest BCUT2D eigenvalue weighted by atomic mass is 32.1. The minimum absolute atomic E-state index is 0.884. The normalized spacial score (nSPS) is 11.7. The molecule has 0 aliphatic rings. The predicted molar refractivity (Wildman–Crippen MR) is 184 cm³/mol. The second-order valence-corrected chi connectivity index (χ2v) is 12.0. The summed E-state index contributed by atoms with van der Waals surface area (Å²) >= 11 is 1.86. The topological polar surface area (TPSA) is 16.4 Å². The van der Waals surface area contributed by atoms with Crippen molar-refractivity contribution in [1.82, 2.24) is 0 Å². The van der Waals surface area contributed by atoms with E-state index in [9.17, 15) is 0 Å². The fraction of sp³-hybridized carbons (Fsp3) is 0. The van der Waals surface area contributed by atoms with E-state index in [-0.39, 0.29) is 0 Å². The predicted octanol–water partition coefficient (Wildman–Crippen LogP) is 12.2. The second-order valence-electron chi connectivity index (χ2n) is 10.9.